The Morgan fingerprint density at radius 2 is 1.41 bits per heavy atom. The summed E-state index contributed by atoms with van der Waals surface area (Å²) in [7, 11) is 0. The second-order valence-electron chi connectivity index (χ2n) is 8.09. The third-order valence-electron chi connectivity index (χ3n) is 5.60. The summed E-state index contributed by atoms with van der Waals surface area (Å²) in [6.45, 7) is 8.73. The Morgan fingerprint density at radius 1 is 0.889 bits per heavy atom. The first kappa shape index (κ1) is 19.6. The summed E-state index contributed by atoms with van der Waals surface area (Å²) < 4.78 is 13.0. The summed E-state index contributed by atoms with van der Waals surface area (Å²) >= 11 is 0. The Labute approximate surface area is 161 Å². The molecule has 3 rings (SSSR count). The van der Waals surface area contributed by atoms with Gasteiger partial charge in [0.05, 0.1) is 0 Å². The van der Waals surface area contributed by atoms with E-state index in [9.17, 15) is 14.0 Å². The van der Waals surface area contributed by atoms with Crippen molar-refractivity contribution in [2.45, 2.75) is 33.1 Å². The quantitative estimate of drug-likeness (QED) is 0.813. The summed E-state index contributed by atoms with van der Waals surface area (Å²) in [6, 6.07) is 6.46. The van der Waals surface area contributed by atoms with Gasteiger partial charge in [-0.3, -0.25) is 9.59 Å². The van der Waals surface area contributed by atoms with Gasteiger partial charge >= 0.3 is 0 Å². The minimum absolute atomic E-state index is 0.0558. The van der Waals surface area contributed by atoms with Crippen molar-refractivity contribution in [3.05, 3.63) is 30.1 Å². The van der Waals surface area contributed by atoms with Crippen LogP contribution in [0.3, 0.4) is 0 Å². The number of piperazine rings is 1. The lowest BCUT2D eigenvalue weighted by Crippen LogP contribution is -2.49. The molecule has 0 unspecified atom stereocenters. The minimum atomic E-state index is -0.241. The van der Waals surface area contributed by atoms with E-state index in [1.54, 1.807) is 12.1 Å². The van der Waals surface area contributed by atoms with Crippen LogP contribution in [0.1, 0.15) is 33.1 Å². The van der Waals surface area contributed by atoms with Crippen molar-refractivity contribution < 1.29 is 14.0 Å². The van der Waals surface area contributed by atoms with Crippen LogP contribution < -0.4 is 4.90 Å². The van der Waals surface area contributed by atoms with Crippen molar-refractivity contribution >= 4 is 17.5 Å². The molecule has 0 aliphatic carbocycles. The standard InChI is InChI=1S/C21H30FN3O2/c1-16-13-17(2)15-25(14-16)21(27)8-7-20(26)24-11-9-23(10-12-24)19-5-3-18(22)4-6-19/h3-6,16-17H,7-15H2,1-2H3/t16-,17-/m0/s1. The highest BCUT2D eigenvalue weighted by atomic mass is 19.1. The normalized spacial score (nSPS) is 23.4. The number of hydrogen-bond donors (Lipinski definition) is 0. The molecule has 0 aromatic heterocycles. The second kappa shape index (κ2) is 8.72. The Balaban J connectivity index is 1.43. The van der Waals surface area contributed by atoms with Crippen molar-refractivity contribution in [1.29, 1.82) is 0 Å². The molecule has 2 aliphatic rings. The van der Waals surface area contributed by atoms with Gasteiger partial charge in [-0.2, -0.15) is 0 Å². The fourth-order valence-electron chi connectivity index (χ4n) is 4.26. The third-order valence-corrected chi connectivity index (χ3v) is 5.60. The maximum atomic E-state index is 13.0. The molecule has 2 saturated heterocycles. The molecule has 2 aliphatic heterocycles. The van der Waals surface area contributed by atoms with E-state index in [-0.39, 0.29) is 24.1 Å². The van der Waals surface area contributed by atoms with Crippen molar-refractivity contribution in [2.75, 3.05) is 44.2 Å². The summed E-state index contributed by atoms with van der Waals surface area (Å²) in [5.74, 6) is 0.988. The van der Waals surface area contributed by atoms with Gasteiger partial charge in [-0.1, -0.05) is 13.8 Å². The molecule has 0 radical (unpaired) electrons. The number of anilines is 1. The van der Waals surface area contributed by atoms with Crippen LogP contribution in [-0.2, 0) is 9.59 Å². The first-order valence-corrected chi connectivity index (χ1v) is 9.98. The number of rotatable bonds is 4. The molecular formula is C21H30FN3O2. The van der Waals surface area contributed by atoms with Gasteiger partial charge in [0.25, 0.3) is 0 Å². The van der Waals surface area contributed by atoms with Gasteiger partial charge in [-0.15, -0.1) is 0 Å². The summed E-state index contributed by atoms with van der Waals surface area (Å²) in [5.41, 5.74) is 0.979. The lowest BCUT2D eigenvalue weighted by atomic mass is 9.91. The topological polar surface area (TPSA) is 43.9 Å². The van der Waals surface area contributed by atoms with E-state index in [0.29, 0.717) is 31.3 Å². The van der Waals surface area contributed by atoms with Gasteiger partial charge in [0, 0.05) is 57.8 Å². The zero-order valence-electron chi connectivity index (χ0n) is 16.4. The minimum Gasteiger partial charge on any atom is -0.368 e. The molecule has 0 N–H and O–H groups in total. The van der Waals surface area contributed by atoms with E-state index in [1.165, 1.54) is 18.6 Å². The van der Waals surface area contributed by atoms with Gasteiger partial charge in [-0.05, 0) is 42.5 Å². The number of carbonyl (C=O) groups is 2. The molecule has 1 aromatic carbocycles. The number of hydrogen-bond acceptors (Lipinski definition) is 3. The molecular weight excluding hydrogens is 345 g/mol. The highest BCUT2D eigenvalue weighted by Crippen LogP contribution is 2.22. The fourth-order valence-corrected chi connectivity index (χ4v) is 4.26. The zero-order chi connectivity index (χ0) is 19.4. The van der Waals surface area contributed by atoms with E-state index < -0.39 is 0 Å². The van der Waals surface area contributed by atoms with Gasteiger partial charge < -0.3 is 14.7 Å². The van der Waals surface area contributed by atoms with Crippen LogP contribution in [-0.4, -0.2) is 60.9 Å². The van der Waals surface area contributed by atoms with Crippen LogP contribution in [0.2, 0.25) is 0 Å². The number of piperidine rings is 1. The molecule has 0 saturated carbocycles. The van der Waals surface area contributed by atoms with E-state index in [1.807, 2.05) is 9.80 Å². The van der Waals surface area contributed by atoms with E-state index in [4.69, 9.17) is 0 Å². The van der Waals surface area contributed by atoms with Gasteiger partial charge in [0.1, 0.15) is 5.82 Å². The number of amides is 2. The van der Waals surface area contributed by atoms with Crippen LogP contribution in [0.4, 0.5) is 10.1 Å². The number of likely N-dealkylation sites (tertiary alicyclic amines) is 1. The van der Waals surface area contributed by atoms with Crippen LogP contribution >= 0.6 is 0 Å². The highest BCUT2D eigenvalue weighted by Gasteiger charge is 2.27. The van der Waals surface area contributed by atoms with Crippen LogP contribution in [0.25, 0.3) is 0 Å². The molecule has 0 spiro atoms. The van der Waals surface area contributed by atoms with Gasteiger partial charge in [0.2, 0.25) is 11.8 Å². The van der Waals surface area contributed by atoms with Crippen molar-refractivity contribution in [1.82, 2.24) is 9.80 Å². The average molecular weight is 375 g/mol. The van der Waals surface area contributed by atoms with Gasteiger partial charge in [-0.25, -0.2) is 4.39 Å². The second-order valence-corrected chi connectivity index (χ2v) is 8.09. The molecule has 27 heavy (non-hydrogen) atoms. The molecule has 148 valence electrons. The molecule has 6 heteroatoms. The first-order chi connectivity index (χ1) is 12.9. The number of carbonyl (C=O) groups excluding carboxylic acids is 2. The lowest BCUT2D eigenvalue weighted by Gasteiger charge is -2.37. The van der Waals surface area contributed by atoms with Crippen molar-refractivity contribution in [2.24, 2.45) is 11.8 Å². The molecule has 2 amide bonds. The largest absolute Gasteiger partial charge is 0.368 e. The van der Waals surface area contributed by atoms with E-state index in [2.05, 4.69) is 18.7 Å². The maximum absolute atomic E-state index is 13.0. The average Bonchev–Trinajstić information content (AvgIpc) is 2.66. The first-order valence-electron chi connectivity index (χ1n) is 9.98. The molecule has 2 heterocycles. The van der Waals surface area contributed by atoms with Crippen molar-refractivity contribution in [3.8, 4) is 0 Å². The summed E-state index contributed by atoms with van der Waals surface area (Å²) in [4.78, 5) is 30.9. The van der Waals surface area contributed by atoms with E-state index >= 15 is 0 Å². The summed E-state index contributed by atoms with van der Waals surface area (Å²) in [6.07, 6.45) is 1.76. The number of nitrogens with zero attached hydrogens (tertiary/aromatic N) is 3. The van der Waals surface area contributed by atoms with Crippen LogP contribution in [0, 0.1) is 17.7 Å². The lowest BCUT2D eigenvalue weighted by molar-refractivity contribution is -0.138. The monoisotopic (exact) mass is 375 g/mol. The molecule has 0 bridgehead atoms. The smallest absolute Gasteiger partial charge is 0.223 e. The van der Waals surface area contributed by atoms with Crippen LogP contribution in [0.5, 0.6) is 0 Å². The fraction of sp³-hybridized carbons (Fsp3) is 0.619. The molecule has 2 atom stereocenters. The van der Waals surface area contributed by atoms with Crippen LogP contribution in [0.15, 0.2) is 24.3 Å². The van der Waals surface area contributed by atoms with Crippen molar-refractivity contribution in [3.63, 3.8) is 0 Å². The number of benzene rings is 1. The zero-order valence-corrected chi connectivity index (χ0v) is 16.4. The van der Waals surface area contributed by atoms with Gasteiger partial charge in [0.15, 0.2) is 0 Å². The SMILES string of the molecule is C[C@H]1C[C@H](C)CN(C(=O)CCC(=O)N2CCN(c3ccc(F)cc3)CC2)C1. The third kappa shape index (κ3) is 5.21. The summed E-state index contributed by atoms with van der Waals surface area (Å²) in [5, 5.41) is 0. The maximum Gasteiger partial charge on any atom is 0.223 e. The predicted octanol–water partition coefficient (Wildman–Crippen LogP) is 2.76. The Bertz CT molecular complexity index is 646. The Morgan fingerprint density at radius 3 is 1.96 bits per heavy atom. The molecule has 2 fully saturated rings. The Kier molecular flexibility index (Phi) is 6.34. The highest BCUT2D eigenvalue weighted by molar-refractivity contribution is 5.84. The molecule has 5 nitrogen and oxygen atoms in total. The predicted molar refractivity (Wildman–Crippen MR) is 104 cm³/mol. The van der Waals surface area contributed by atoms with E-state index in [0.717, 1.165) is 31.9 Å². The number of halogens is 1. The Hall–Kier alpha value is -2.11. The molecule has 1 aromatic rings.